The van der Waals surface area contributed by atoms with Gasteiger partial charge in [-0.3, -0.25) is 4.79 Å². The molecule has 0 fully saturated rings. The largest absolute Gasteiger partial charge is 0.544 e. The summed E-state index contributed by atoms with van der Waals surface area (Å²) in [6.07, 6.45) is 1.55. The van der Waals surface area contributed by atoms with Gasteiger partial charge in [-0.25, -0.2) is 0 Å². The van der Waals surface area contributed by atoms with Gasteiger partial charge >= 0.3 is 0 Å². The second-order valence-electron chi connectivity index (χ2n) is 11.9. The Morgan fingerprint density at radius 1 is 0.727 bits per heavy atom. The third-order valence-electron chi connectivity index (χ3n) is 7.27. The predicted molar refractivity (Wildman–Crippen MR) is 144 cm³/mol. The van der Waals surface area contributed by atoms with Gasteiger partial charge in [0.15, 0.2) is 5.43 Å². The van der Waals surface area contributed by atoms with Crippen LogP contribution in [0.5, 0.6) is 11.5 Å². The van der Waals surface area contributed by atoms with Gasteiger partial charge in [0.05, 0.1) is 10.9 Å². The van der Waals surface area contributed by atoms with E-state index in [-0.39, 0.29) is 15.5 Å². The first-order valence-electron chi connectivity index (χ1n) is 11.6. The lowest BCUT2D eigenvalue weighted by Crippen LogP contribution is -2.43. The molecule has 0 aliphatic carbocycles. The molecular weight excluding hydrogens is 444 g/mol. The average molecular weight is 483 g/mol. The molecule has 1 heterocycles. The Morgan fingerprint density at radius 3 is 1.73 bits per heavy atom. The van der Waals surface area contributed by atoms with Crippen molar-refractivity contribution >= 4 is 27.6 Å². The van der Waals surface area contributed by atoms with Gasteiger partial charge < -0.3 is 13.3 Å². The number of hydrogen-bond acceptors (Lipinski definition) is 4. The fourth-order valence-electron chi connectivity index (χ4n) is 2.97. The first-order chi connectivity index (χ1) is 15.0. The highest BCUT2D eigenvalue weighted by Gasteiger charge is 2.39. The lowest BCUT2D eigenvalue weighted by Gasteiger charge is -2.36. The van der Waals surface area contributed by atoms with E-state index in [9.17, 15) is 4.79 Å². The minimum Gasteiger partial charge on any atom is -0.544 e. The highest BCUT2D eigenvalue weighted by molar-refractivity contribution is 6.75. The van der Waals surface area contributed by atoms with Crippen molar-refractivity contribution in [2.45, 2.75) is 77.8 Å². The van der Waals surface area contributed by atoms with Crippen LogP contribution in [0, 0.1) is 0 Å². The topological polar surface area (TPSA) is 48.7 Å². The predicted octanol–water partition coefficient (Wildman–Crippen LogP) is 8.23. The quantitative estimate of drug-likeness (QED) is 0.344. The summed E-state index contributed by atoms with van der Waals surface area (Å²) < 4.78 is 18.6. The summed E-state index contributed by atoms with van der Waals surface area (Å²) in [5.41, 5.74) is 1.85. The second kappa shape index (κ2) is 8.47. The first kappa shape index (κ1) is 25.3. The first-order valence-corrected chi connectivity index (χ1v) is 17.4. The van der Waals surface area contributed by atoms with Gasteiger partial charge in [-0.1, -0.05) is 53.7 Å². The van der Waals surface area contributed by atoms with E-state index in [1.165, 1.54) is 0 Å². The van der Waals surface area contributed by atoms with Crippen LogP contribution in [0.25, 0.3) is 22.1 Å². The fourth-order valence-corrected chi connectivity index (χ4v) is 5.02. The zero-order chi connectivity index (χ0) is 24.8. The number of rotatable bonds is 5. The SMILES string of the molecule is CC(C)(C)[Si](C)(C)Oc1ccc(-c2coc3cc(O[Si](C)(C)C(C)(C)C)ccc3c2=O)cc1. The molecule has 2 aromatic carbocycles. The molecule has 0 radical (unpaired) electrons. The monoisotopic (exact) mass is 482 g/mol. The van der Waals surface area contributed by atoms with Gasteiger partial charge in [-0.15, -0.1) is 0 Å². The maximum Gasteiger partial charge on any atom is 0.250 e. The maximum absolute atomic E-state index is 13.2. The molecule has 0 amide bonds. The summed E-state index contributed by atoms with van der Waals surface area (Å²) in [7, 11) is -3.89. The molecule has 0 unspecified atom stereocenters. The van der Waals surface area contributed by atoms with Crippen LogP contribution in [0.1, 0.15) is 41.5 Å². The average Bonchev–Trinajstić information content (AvgIpc) is 2.67. The van der Waals surface area contributed by atoms with Crippen molar-refractivity contribution in [3.63, 3.8) is 0 Å². The molecule has 33 heavy (non-hydrogen) atoms. The van der Waals surface area contributed by atoms with Crippen LogP contribution in [0.3, 0.4) is 0 Å². The number of benzene rings is 2. The summed E-state index contributed by atoms with van der Waals surface area (Å²) in [5.74, 6) is 1.58. The van der Waals surface area contributed by atoms with Crippen LogP contribution < -0.4 is 14.3 Å². The van der Waals surface area contributed by atoms with E-state index >= 15 is 0 Å². The van der Waals surface area contributed by atoms with E-state index in [1.54, 1.807) is 6.26 Å². The van der Waals surface area contributed by atoms with Gasteiger partial charge in [-0.05, 0) is 66.1 Å². The molecule has 0 bridgehead atoms. The molecule has 0 saturated heterocycles. The standard InChI is InChI=1S/C27H38O4Si2/c1-26(2,3)32(7,8)30-20-13-11-19(12-14-20)23-18-29-24-17-21(15-16-22(24)25(23)28)31-33(9,10)27(4,5)6/h11-18H,1-10H3. The van der Waals surface area contributed by atoms with Crippen molar-refractivity contribution < 1.29 is 13.3 Å². The fraction of sp³-hybridized carbons (Fsp3) is 0.444. The van der Waals surface area contributed by atoms with E-state index in [0.29, 0.717) is 16.5 Å². The normalized spacial score (nSPS) is 13.3. The molecule has 0 spiro atoms. The maximum atomic E-state index is 13.2. The Labute approximate surface area is 200 Å². The Kier molecular flexibility index (Phi) is 6.50. The molecule has 0 saturated carbocycles. The van der Waals surface area contributed by atoms with E-state index in [2.05, 4.69) is 67.7 Å². The lowest BCUT2D eigenvalue weighted by molar-refractivity contribution is 0.491. The van der Waals surface area contributed by atoms with Crippen molar-refractivity contribution in [1.29, 1.82) is 0 Å². The van der Waals surface area contributed by atoms with Gasteiger partial charge in [0.25, 0.3) is 0 Å². The zero-order valence-electron chi connectivity index (χ0n) is 21.8. The molecule has 0 aliphatic rings. The van der Waals surface area contributed by atoms with Crippen LogP contribution in [-0.4, -0.2) is 16.6 Å². The molecule has 178 valence electrons. The van der Waals surface area contributed by atoms with Crippen molar-refractivity contribution in [1.82, 2.24) is 0 Å². The van der Waals surface area contributed by atoms with Crippen molar-refractivity contribution in [3.05, 3.63) is 59.0 Å². The summed E-state index contributed by atoms with van der Waals surface area (Å²) in [5, 5.41) is 0.766. The van der Waals surface area contributed by atoms with Crippen molar-refractivity contribution in [2.75, 3.05) is 0 Å². The molecule has 3 rings (SSSR count). The third kappa shape index (κ3) is 5.27. The van der Waals surface area contributed by atoms with Crippen LogP contribution in [-0.2, 0) is 0 Å². The minimum atomic E-state index is -1.97. The molecule has 4 nitrogen and oxygen atoms in total. The molecule has 0 N–H and O–H groups in total. The zero-order valence-corrected chi connectivity index (χ0v) is 23.8. The van der Waals surface area contributed by atoms with Crippen molar-refractivity contribution in [2.24, 2.45) is 0 Å². The van der Waals surface area contributed by atoms with Crippen LogP contribution in [0.2, 0.25) is 36.3 Å². The number of fused-ring (bicyclic) bond motifs is 1. The summed E-state index contributed by atoms with van der Waals surface area (Å²) in [6, 6.07) is 13.2. The van der Waals surface area contributed by atoms with E-state index in [0.717, 1.165) is 17.1 Å². The highest BCUT2D eigenvalue weighted by Crippen LogP contribution is 2.39. The lowest BCUT2D eigenvalue weighted by atomic mass is 10.1. The molecule has 0 atom stereocenters. The van der Waals surface area contributed by atoms with Gasteiger partial charge in [0.1, 0.15) is 23.3 Å². The van der Waals surface area contributed by atoms with Crippen LogP contribution in [0.4, 0.5) is 0 Å². The smallest absolute Gasteiger partial charge is 0.250 e. The summed E-state index contributed by atoms with van der Waals surface area (Å²) in [4.78, 5) is 13.2. The molecule has 1 aromatic heterocycles. The van der Waals surface area contributed by atoms with E-state index in [1.807, 2.05) is 42.5 Å². The molecule has 6 heteroatoms. The summed E-state index contributed by atoms with van der Waals surface area (Å²) >= 11 is 0. The van der Waals surface area contributed by atoms with E-state index < -0.39 is 16.6 Å². The molecule has 3 aromatic rings. The van der Waals surface area contributed by atoms with Gasteiger partial charge in [-0.2, -0.15) is 0 Å². The Balaban J connectivity index is 1.89. The Morgan fingerprint density at radius 2 is 1.21 bits per heavy atom. The van der Waals surface area contributed by atoms with Crippen molar-refractivity contribution in [3.8, 4) is 22.6 Å². The number of hydrogen-bond donors (Lipinski definition) is 0. The highest BCUT2D eigenvalue weighted by atomic mass is 28.4. The minimum absolute atomic E-state index is 0.0480. The Hall–Kier alpha value is -2.32. The molecule has 0 aliphatic heterocycles. The van der Waals surface area contributed by atoms with Crippen LogP contribution in [0.15, 0.2) is 57.9 Å². The summed E-state index contributed by atoms with van der Waals surface area (Å²) in [6.45, 7) is 22.1. The van der Waals surface area contributed by atoms with E-state index in [4.69, 9.17) is 13.3 Å². The molecular formula is C27H38O4Si2. The Bertz CT molecular complexity index is 1190. The van der Waals surface area contributed by atoms with Gasteiger partial charge in [0.2, 0.25) is 16.6 Å². The third-order valence-corrected chi connectivity index (χ3v) is 16.0. The second-order valence-corrected chi connectivity index (χ2v) is 21.3. The van der Waals surface area contributed by atoms with Crippen LogP contribution >= 0.6 is 0 Å². The van der Waals surface area contributed by atoms with Gasteiger partial charge in [0, 0.05) is 6.07 Å².